The maximum Gasteiger partial charge on any atom is 0.336 e. The third-order valence-electron chi connectivity index (χ3n) is 5.00. The van der Waals surface area contributed by atoms with Gasteiger partial charge in [-0.15, -0.1) is 0 Å². The largest absolute Gasteiger partial charge is 0.466 e. The van der Waals surface area contributed by atoms with Crippen LogP contribution in [0.25, 0.3) is 0 Å². The summed E-state index contributed by atoms with van der Waals surface area (Å²) in [6.45, 7) is 13.9. The normalized spacial score (nSPS) is 13.6. The predicted molar refractivity (Wildman–Crippen MR) is 133 cm³/mol. The van der Waals surface area contributed by atoms with E-state index in [0.717, 1.165) is 31.3 Å². The van der Waals surface area contributed by atoms with Gasteiger partial charge in [-0.25, -0.2) is 4.79 Å². The number of hydrogen-bond donors (Lipinski definition) is 0. The van der Waals surface area contributed by atoms with E-state index in [-0.39, 0.29) is 32.8 Å². The Morgan fingerprint density at radius 1 is 0.706 bits per heavy atom. The predicted octanol–water partition coefficient (Wildman–Crippen LogP) is 5.49. The Labute approximate surface area is 205 Å². The van der Waals surface area contributed by atoms with Gasteiger partial charge in [0, 0.05) is 0 Å². The second kappa shape index (κ2) is 19.0. The first-order valence-corrected chi connectivity index (χ1v) is 12.2. The Bertz CT molecular complexity index is 714. The summed E-state index contributed by atoms with van der Waals surface area (Å²) in [5.74, 6) is -3.14. The van der Waals surface area contributed by atoms with Crippen LogP contribution in [-0.4, -0.2) is 50.4 Å². The summed E-state index contributed by atoms with van der Waals surface area (Å²) in [7, 11) is 0. The molecule has 0 radical (unpaired) electrons. The SMILES string of the molecule is CCOC(=O)CC(C(=O)OCC)C(OCC=C(C)CCC=C(C)CCC=C(C)C)C(=O)OCC. The zero-order valence-corrected chi connectivity index (χ0v) is 22.1. The number of hydrogen-bond acceptors (Lipinski definition) is 7. The molecule has 0 rings (SSSR count). The van der Waals surface area contributed by atoms with Crippen molar-refractivity contribution in [3.05, 3.63) is 34.9 Å². The summed E-state index contributed by atoms with van der Waals surface area (Å²) in [5.41, 5.74) is 3.80. The van der Waals surface area contributed by atoms with Gasteiger partial charge in [-0.3, -0.25) is 9.59 Å². The van der Waals surface area contributed by atoms with Crippen molar-refractivity contribution in [2.45, 2.75) is 86.7 Å². The number of allylic oxidation sites excluding steroid dienone is 5. The van der Waals surface area contributed by atoms with Crippen LogP contribution in [0, 0.1) is 5.92 Å². The summed E-state index contributed by atoms with van der Waals surface area (Å²) in [5, 5.41) is 0. The molecule has 0 aliphatic heterocycles. The van der Waals surface area contributed by atoms with Crippen molar-refractivity contribution in [3.63, 3.8) is 0 Å². The zero-order chi connectivity index (χ0) is 25.9. The molecule has 0 aliphatic carbocycles. The summed E-state index contributed by atoms with van der Waals surface area (Å²) < 4.78 is 20.9. The van der Waals surface area contributed by atoms with Crippen molar-refractivity contribution in [1.82, 2.24) is 0 Å². The average molecular weight is 481 g/mol. The lowest BCUT2D eigenvalue weighted by atomic mass is 9.98. The van der Waals surface area contributed by atoms with E-state index in [0.29, 0.717) is 0 Å². The number of carbonyl (C=O) groups is 3. The van der Waals surface area contributed by atoms with E-state index in [1.54, 1.807) is 20.8 Å². The molecule has 0 spiro atoms. The van der Waals surface area contributed by atoms with Crippen LogP contribution in [0.15, 0.2) is 34.9 Å². The summed E-state index contributed by atoms with van der Waals surface area (Å²) >= 11 is 0. The smallest absolute Gasteiger partial charge is 0.336 e. The highest BCUT2D eigenvalue weighted by Crippen LogP contribution is 2.19. The molecular formula is C27H44O7. The van der Waals surface area contributed by atoms with Gasteiger partial charge in [0.2, 0.25) is 0 Å². The van der Waals surface area contributed by atoms with E-state index in [9.17, 15) is 14.4 Å². The first-order chi connectivity index (χ1) is 16.2. The molecule has 0 amide bonds. The lowest BCUT2D eigenvalue weighted by Crippen LogP contribution is -2.41. The van der Waals surface area contributed by atoms with E-state index in [2.05, 4.69) is 32.9 Å². The van der Waals surface area contributed by atoms with E-state index in [1.165, 1.54) is 11.1 Å². The topological polar surface area (TPSA) is 88.1 Å². The van der Waals surface area contributed by atoms with Gasteiger partial charge in [-0.05, 0) is 74.1 Å². The summed E-state index contributed by atoms with van der Waals surface area (Å²) in [6, 6.07) is 0. The third kappa shape index (κ3) is 14.7. The van der Waals surface area contributed by atoms with E-state index in [1.807, 2.05) is 13.0 Å². The van der Waals surface area contributed by atoms with Crippen LogP contribution in [0.4, 0.5) is 0 Å². The Morgan fingerprint density at radius 2 is 1.24 bits per heavy atom. The molecule has 0 saturated heterocycles. The molecule has 7 nitrogen and oxygen atoms in total. The van der Waals surface area contributed by atoms with E-state index in [4.69, 9.17) is 18.9 Å². The van der Waals surface area contributed by atoms with Crippen molar-refractivity contribution in [2.24, 2.45) is 5.92 Å². The molecule has 0 N–H and O–H groups in total. The van der Waals surface area contributed by atoms with Crippen LogP contribution in [0.1, 0.15) is 80.6 Å². The van der Waals surface area contributed by atoms with Crippen molar-refractivity contribution in [3.8, 4) is 0 Å². The molecule has 0 aromatic carbocycles. The monoisotopic (exact) mass is 480 g/mol. The van der Waals surface area contributed by atoms with Crippen molar-refractivity contribution in [2.75, 3.05) is 26.4 Å². The van der Waals surface area contributed by atoms with Gasteiger partial charge in [0.25, 0.3) is 0 Å². The fourth-order valence-corrected chi connectivity index (χ4v) is 3.17. The fourth-order valence-electron chi connectivity index (χ4n) is 3.17. The highest BCUT2D eigenvalue weighted by molar-refractivity contribution is 5.87. The first kappa shape index (κ1) is 31.6. The second-order valence-corrected chi connectivity index (χ2v) is 8.33. The molecule has 0 heterocycles. The van der Waals surface area contributed by atoms with Gasteiger partial charge >= 0.3 is 17.9 Å². The lowest BCUT2D eigenvalue weighted by Gasteiger charge is -2.23. The minimum absolute atomic E-state index is 0.108. The number of carbonyl (C=O) groups excluding carboxylic acids is 3. The van der Waals surface area contributed by atoms with E-state index >= 15 is 0 Å². The van der Waals surface area contributed by atoms with Gasteiger partial charge in [0.15, 0.2) is 6.10 Å². The standard InChI is InChI=1S/C27H44O7/c1-8-31-24(28)19-23(26(29)32-9-2)25(27(30)33-10-3)34-18-17-22(7)16-12-15-21(6)14-11-13-20(4)5/h13,15,17,23,25H,8-12,14,16,18-19H2,1-7H3. The molecule has 7 heteroatoms. The molecule has 0 aromatic heterocycles. The van der Waals surface area contributed by atoms with Gasteiger partial charge in [-0.1, -0.05) is 34.9 Å². The van der Waals surface area contributed by atoms with Crippen molar-refractivity contribution in [1.29, 1.82) is 0 Å². The van der Waals surface area contributed by atoms with Crippen molar-refractivity contribution < 1.29 is 33.3 Å². The van der Waals surface area contributed by atoms with Crippen LogP contribution < -0.4 is 0 Å². The Hall–Kier alpha value is -2.41. The van der Waals surface area contributed by atoms with Crippen LogP contribution in [0.2, 0.25) is 0 Å². The minimum atomic E-state index is -1.26. The first-order valence-electron chi connectivity index (χ1n) is 12.2. The average Bonchev–Trinajstić information content (AvgIpc) is 2.75. The minimum Gasteiger partial charge on any atom is -0.466 e. The van der Waals surface area contributed by atoms with Crippen LogP contribution in [-0.2, 0) is 33.3 Å². The van der Waals surface area contributed by atoms with Gasteiger partial charge in [0.1, 0.15) is 5.92 Å². The molecule has 0 aromatic rings. The molecule has 2 atom stereocenters. The van der Waals surface area contributed by atoms with Gasteiger partial charge in [-0.2, -0.15) is 0 Å². The number of rotatable bonds is 17. The Balaban J connectivity index is 5.13. The highest BCUT2D eigenvalue weighted by Gasteiger charge is 2.38. The molecule has 0 bridgehead atoms. The van der Waals surface area contributed by atoms with Gasteiger partial charge < -0.3 is 18.9 Å². The van der Waals surface area contributed by atoms with Crippen LogP contribution in [0.3, 0.4) is 0 Å². The Kier molecular flexibility index (Phi) is 17.6. The maximum absolute atomic E-state index is 12.5. The molecule has 0 saturated carbocycles. The third-order valence-corrected chi connectivity index (χ3v) is 5.00. The number of esters is 3. The molecule has 0 fully saturated rings. The van der Waals surface area contributed by atoms with Crippen LogP contribution in [0.5, 0.6) is 0 Å². The molecule has 34 heavy (non-hydrogen) atoms. The fraction of sp³-hybridized carbons (Fsp3) is 0.667. The lowest BCUT2D eigenvalue weighted by molar-refractivity contribution is -0.172. The summed E-state index contributed by atoms with van der Waals surface area (Å²) in [4.78, 5) is 37.1. The molecular weight excluding hydrogens is 436 g/mol. The van der Waals surface area contributed by atoms with Crippen molar-refractivity contribution >= 4 is 17.9 Å². The number of ether oxygens (including phenoxy) is 4. The highest BCUT2D eigenvalue weighted by atomic mass is 16.6. The van der Waals surface area contributed by atoms with Gasteiger partial charge in [0.05, 0.1) is 32.8 Å². The Morgan fingerprint density at radius 3 is 1.79 bits per heavy atom. The zero-order valence-electron chi connectivity index (χ0n) is 22.1. The molecule has 194 valence electrons. The quantitative estimate of drug-likeness (QED) is 0.155. The summed E-state index contributed by atoms with van der Waals surface area (Å²) in [6.07, 6.45) is 8.66. The molecule has 2 unspecified atom stereocenters. The van der Waals surface area contributed by atoms with Crippen LogP contribution >= 0.6 is 0 Å². The van der Waals surface area contributed by atoms with E-state index < -0.39 is 29.9 Å². The molecule has 0 aliphatic rings. The second-order valence-electron chi connectivity index (χ2n) is 8.33. The maximum atomic E-state index is 12.5.